The number of nitrogens with one attached hydrogen (secondary N) is 1. The summed E-state index contributed by atoms with van der Waals surface area (Å²) in [5.41, 5.74) is 6.29. The summed E-state index contributed by atoms with van der Waals surface area (Å²) in [6.07, 6.45) is 0.891. The lowest BCUT2D eigenvalue weighted by molar-refractivity contribution is 0.0932. The molecule has 2 aromatic rings. The molecule has 0 aliphatic rings. The highest BCUT2D eigenvalue weighted by Crippen LogP contribution is 2.19. The van der Waals surface area contributed by atoms with Gasteiger partial charge in [0.2, 0.25) is 0 Å². The average Bonchev–Trinajstić information content (AvgIpc) is 2.45. The monoisotopic (exact) mass is 286 g/mol. The number of amides is 1. The number of carbonyl (C=O) groups is 1. The summed E-state index contributed by atoms with van der Waals surface area (Å²) in [5.74, 6) is 0.206. The maximum atomic E-state index is 12.3. The maximum absolute atomic E-state index is 12.3. The van der Waals surface area contributed by atoms with Crippen molar-refractivity contribution in [2.45, 2.75) is 19.4 Å². The first-order chi connectivity index (χ1) is 9.97. The van der Waals surface area contributed by atoms with Crippen LogP contribution < -0.4 is 11.1 Å². The predicted molar refractivity (Wildman–Crippen MR) is 86.3 cm³/mol. The molecule has 1 aromatic heterocycles. The molecule has 1 atom stereocenters. The van der Waals surface area contributed by atoms with Gasteiger partial charge in [-0.15, -0.1) is 0 Å². The van der Waals surface area contributed by atoms with Crippen molar-refractivity contribution >= 4 is 22.5 Å². The smallest absolute Gasteiger partial charge is 0.270 e. The third-order valence-corrected chi connectivity index (χ3v) is 3.39. The minimum atomic E-state index is -0.182. The van der Waals surface area contributed by atoms with Crippen LogP contribution in [0.5, 0.6) is 0 Å². The Morgan fingerprint density at radius 2 is 2.10 bits per heavy atom. The number of pyridine rings is 1. The lowest BCUT2D eigenvalue weighted by atomic mass is 10.1. The Morgan fingerprint density at radius 1 is 1.38 bits per heavy atom. The summed E-state index contributed by atoms with van der Waals surface area (Å²) in [4.78, 5) is 18.5. The highest BCUT2D eigenvalue weighted by molar-refractivity contribution is 5.99. The topological polar surface area (TPSA) is 71.2 Å². The highest BCUT2D eigenvalue weighted by Gasteiger charge is 2.13. The molecule has 21 heavy (non-hydrogen) atoms. The SMILES string of the molecule is CC(CCN(C)C)NC(=O)c1cc2ccccc2c(N)n1. The predicted octanol–water partition coefficient (Wildman–Crippen LogP) is 1.89. The molecule has 0 saturated carbocycles. The molecule has 0 radical (unpaired) electrons. The van der Waals surface area contributed by atoms with E-state index in [1.54, 1.807) is 6.07 Å². The van der Waals surface area contributed by atoms with Gasteiger partial charge in [0.25, 0.3) is 5.91 Å². The number of anilines is 1. The van der Waals surface area contributed by atoms with Crippen LogP contribution in [0.1, 0.15) is 23.8 Å². The number of fused-ring (bicyclic) bond motifs is 1. The molecular formula is C16H22N4O. The van der Waals surface area contributed by atoms with Crippen LogP contribution in [0.2, 0.25) is 0 Å². The van der Waals surface area contributed by atoms with Crippen molar-refractivity contribution < 1.29 is 4.79 Å². The molecule has 0 aliphatic heterocycles. The molecule has 0 aliphatic carbocycles. The molecular weight excluding hydrogens is 264 g/mol. The van der Waals surface area contributed by atoms with E-state index >= 15 is 0 Å². The lowest BCUT2D eigenvalue weighted by Gasteiger charge is -2.16. The van der Waals surface area contributed by atoms with E-state index in [0.717, 1.165) is 23.7 Å². The zero-order valence-corrected chi connectivity index (χ0v) is 12.8. The number of hydrogen-bond donors (Lipinski definition) is 2. The van der Waals surface area contributed by atoms with E-state index in [4.69, 9.17) is 5.73 Å². The molecule has 0 spiro atoms. The van der Waals surface area contributed by atoms with Crippen LogP contribution in [0.15, 0.2) is 30.3 Å². The summed E-state index contributed by atoms with van der Waals surface area (Å²) < 4.78 is 0. The quantitative estimate of drug-likeness (QED) is 0.880. The Hall–Kier alpha value is -2.14. The molecule has 0 saturated heterocycles. The van der Waals surface area contributed by atoms with Crippen LogP contribution >= 0.6 is 0 Å². The summed E-state index contributed by atoms with van der Waals surface area (Å²) in [7, 11) is 4.03. The fraction of sp³-hybridized carbons (Fsp3) is 0.375. The van der Waals surface area contributed by atoms with E-state index in [2.05, 4.69) is 15.2 Å². The van der Waals surface area contributed by atoms with Crippen molar-refractivity contribution in [3.05, 3.63) is 36.0 Å². The van der Waals surface area contributed by atoms with Crippen molar-refractivity contribution in [1.82, 2.24) is 15.2 Å². The summed E-state index contributed by atoms with van der Waals surface area (Å²) in [6.45, 7) is 2.92. The zero-order valence-electron chi connectivity index (χ0n) is 12.8. The standard InChI is InChI=1S/C16H22N4O/c1-11(8-9-20(2)3)18-16(21)14-10-12-6-4-5-7-13(12)15(17)19-14/h4-7,10-11H,8-9H2,1-3H3,(H2,17,19)(H,18,21). The Balaban J connectivity index is 2.12. The first kappa shape index (κ1) is 15.3. The van der Waals surface area contributed by atoms with Gasteiger partial charge in [-0.1, -0.05) is 24.3 Å². The highest BCUT2D eigenvalue weighted by atomic mass is 16.1. The van der Waals surface area contributed by atoms with E-state index < -0.39 is 0 Å². The third kappa shape index (κ3) is 3.92. The van der Waals surface area contributed by atoms with Gasteiger partial charge >= 0.3 is 0 Å². The second-order valence-electron chi connectivity index (χ2n) is 5.58. The number of hydrogen-bond acceptors (Lipinski definition) is 4. The number of aromatic nitrogens is 1. The molecule has 1 unspecified atom stereocenters. The summed E-state index contributed by atoms with van der Waals surface area (Å²) in [6, 6.07) is 9.53. The van der Waals surface area contributed by atoms with Crippen LogP contribution in [0, 0.1) is 0 Å². The van der Waals surface area contributed by atoms with Crippen LogP contribution in [0.3, 0.4) is 0 Å². The van der Waals surface area contributed by atoms with Crippen LogP contribution in [-0.2, 0) is 0 Å². The molecule has 1 amide bonds. The minimum Gasteiger partial charge on any atom is -0.383 e. The Labute approximate surface area is 125 Å². The summed E-state index contributed by atoms with van der Waals surface area (Å²) in [5, 5.41) is 4.76. The average molecular weight is 286 g/mol. The third-order valence-electron chi connectivity index (χ3n) is 3.39. The minimum absolute atomic E-state index is 0.0920. The molecule has 5 heteroatoms. The second-order valence-corrected chi connectivity index (χ2v) is 5.58. The van der Waals surface area contributed by atoms with Gasteiger partial charge in [0.1, 0.15) is 11.5 Å². The van der Waals surface area contributed by atoms with Crippen molar-refractivity contribution in [1.29, 1.82) is 0 Å². The Morgan fingerprint density at radius 3 is 2.81 bits per heavy atom. The van der Waals surface area contributed by atoms with Crippen molar-refractivity contribution in [2.24, 2.45) is 0 Å². The first-order valence-electron chi connectivity index (χ1n) is 7.08. The molecule has 112 valence electrons. The molecule has 5 nitrogen and oxygen atoms in total. The lowest BCUT2D eigenvalue weighted by Crippen LogP contribution is -2.35. The van der Waals surface area contributed by atoms with Gasteiger partial charge in [0.05, 0.1) is 0 Å². The van der Waals surface area contributed by atoms with E-state index in [9.17, 15) is 4.79 Å². The van der Waals surface area contributed by atoms with Crippen molar-refractivity contribution in [3.63, 3.8) is 0 Å². The van der Waals surface area contributed by atoms with Crippen molar-refractivity contribution in [2.75, 3.05) is 26.4 Å². The molecule has 0 bridgehead atoms. The van der Waals surface area contributed by atoms with Gasteiger partial charge in [0, 0.05) is 11.4 Å². The summed E-state index contributed by atoms with van der Waals surface area (Å²) >= 11 is 0. The number of nitrogen functional groups attached to an aromatic ring is 1. The van der Waals surface area contributed by atoms with E-state index in [1.807, 2.05) is 45.3 Å². The van der Waals surface area contributed by atoms with Crippen LogP contribution in [0.4, 0.5) is 5.82 Å². The second kappa shape index (κ2) is 6.54. The molecule has 1 aromatic carbocycles. The zero-order chi connectivity index (χ0) is 15.4. The largest absolute Gasteiger partial charge is 0.383 e. The van der Waals surface area contributed by atoms with E-state index in [0.29, 0.717) is 11.5 Å². The van der Waals surface area contributed by atoms with Gasteiger partial charge in [0.15, 0.2) is 0 Å². The van der Waals surface area contributed by atoms with Gasteiger partial charge in [-0.05, 0) is 45.4 Å². The normalized spacial score (nSPS) is 12.6. The van der Waals surface area contributed by atoms with Gasteiger partial charge < -0.3 is 16.0 Å². The maximum Gasteiger partial charge on any atom is 0.270 e. The Kier molecular flexibility index (Phi) is 4.75. The molecule has 0 fully saturated rings. The molecule has 3 N–H and O–H groups in total. The number of nitrogens with two attached hydrogens (primary N) is 1. The van der Waals surface area contributed by atoms with E-state index in [-0.39, 0.29) is 11.9 Å². The molecule has 2 rings (SSSR count). The number of nitrogens with zero attached hydrogens (tertiary/aromatic N) is 2. The fourth-order valence-corrected chi connectivity index (χ4v) is 2.16. The van der Waals surface area contributed by atoms with Crippen LogP contribution in [-0.4, -0.2) is 42.5 Å². The number of carbonyl (C=O) groups excluding carboxylic acids is 1. The molecule has 1 heterocycles. The van der Waals surface area contributed by atoms with Gasteiger partial charge in [-0.3, -0.25) is 4.79 Å². The van der Waals surface area contributed by atoms with Crippen LogP contribution in [0.25, 0.3) is 10.8 Å². The van der Waals surface area contributed by atoms with Crippen molar-refractivity contribution in [3.8, 4) is 0 Å². The first-order valence-corrected chi connectivity index (χ1v) is 7.08. The van der Waals surface area contributed by atoms with Gasteiger partial charge in [-0.25, -0.2) is 4.98 Å². The van der Waals surface area contributed by atoms with Gasteiger partial charge in [-0.2, -0.15) is 0 Å². The number of benzene rings is 1. The fourth-order valence-electron chi connectivity index (χ4n) is 2.16. The van der Waals surface area contributed by atoms with E-state index in [1.165, 1.54) is 0 Å². The Bertz CT molecular complexity index is 639. The number of rotatable bonds is 5.